The largest absolute Gasteiger partial charge is 0.355 e. The summed E-state index contributed by atoms with van der Waals surface area (Å²) in [5, 5.41) is 8.58. The number of hydrogen-bond donors (Lipinski definition) is 2. The summed E-state index contributed by atoms with van der Waals surface area (Å²) in [6, 6.07) is 12.0. The summed E-state index contributed by atoms with van der Waals surface area (Å²) >= 11 is 0. The fourth-order valence-corrected chi connectivity index (χ4v) is 3.76. The second-order valence-corrected chi connectivity index (χ2v) is 6.95. The normalized spacial score (nSPS) is 17.4. The van der Waals surface area contributed by atoms with Gasteiger partial charge >= 0.3 is 0 Å². The number of H-pyrrole nitrogens is 1. The van der Waals surface area contributed by atoms with E-state index < -0.39 is 0 Å². The van der Waals surface area contributed by atoms with Gasteiger partial charge in [0.25, 0.3) is 5.91 Å². The molecule has 2 aliphatic heterocycles. The third-order valence-corrected chi connectivity index (χ3v) is 5.17. The molecule has 6 nitrogen and oxygen atoms in total. The predicted octanol–water partition coefficient (Wildman–Crippen LogP) is 2.56. The van der Waals surface area contributed by atoms with E-state index in [9.17, 15) is 4.79 Å². The van der Waals surface area contributed by atoms with Crippen LogP contribution in [0.2, 0.25) is 0 Å². The first-order chi connectivity index (χ1) is 14.3. The maximum Gasteiger partial charge on any atom is 0.269 e. The van der Waals surface area contributed by atoms with E-state index >= 15 is 0 Å². The minimum Gasteiger partial charge on any atom is -0.355 e. The number of benzene rings is 1. The van der Waals surface area contributed by atoms with E-state index in [0.29, 0.717) is 12.2 Å². The van der Waals surface area contributed by atoms with E-state index in [0.717, 1.165) is 27.6 Å². The van der Waals surface area contributed by atoms with Crippen LogP contribution in [0.15, 0.2) is 97.0 Å². The van der Waals surface area contributed by atoms with Crippen molar-refractivity contribution in [3.63, 3.8) is 0 Å². The first-order valence-corrected chi connectivity index (χ1v) is 9.51. The molecule has 142 valence electrons. The number of pyridine rings is 2. The molecule has 1 amide bonds. The third kappa shape index (κ3) is 3.14. The lowest BCUT2D eigenvalue weighted by molar-refractivity contribution is -0.379. The van der Waals surface area contributed by atoms with E-state index in [2.05, 4.69) is 25.5 Å². The van der Waals surface area contributed by atoms with Gasteiger partial charge in [-0.05, 0) is 29.2 Å². The van der Waals surface area contributed by atoms with Gasteiger partial charge in [0, 0.05) is 36.6 Å². The maximum atomic E-state index is 13.0. The first kappa shape index (κ1) is 17.2. The molecule has 6 heteroatoms. The lowest BCUT2D eigenvalue weighted by Crippen LogP contribution is -2.32. The standard InChI is InChI=1S/C23H19N5O/c29-23(26-15-18-14-25-12-16-6-1-2-8-19(16)18)21-20-9-3-4-11-28(20)22(27-21)17-7-5-10-24-13-17/h1-14,22,27H,15H2,(H,26,29)/p+1. The molecule has 4 heterocycles. The van der Waals surface area contributed by atoms with Crippen LogP contribution in [0, 0.1) is 0 Å². The van der Waals surface area contributed by atoms with Gasteiger partial charge in [0.2, 0.25) is 0 Å². The van der Waals surface area contributed by atoms with Crippen molar-refractivity contribution in [3.8, 4) is 0 Å². The van der Waals surface area contributed by atoms with E-state index in [1.54, 1.807) is 6.20 Å². The molecule has 1 aromatic carbocycles. The van der Waals surface area contributed by atoms with Crippen molar-refractivity contribution in [2.45, 2.75) is 12.7 Å². The topological polar surface area (TPSA) is 71.4 Å². The fourth-order valence-electron chi connectivity index (χ4n) is 3.76. The monoisotopic (exact) mass is 382 g/mol. The highest BCUT2D eigenvalue weighted by Gasteiger charge is 2.34. The molecule has 0 radical (unpaired) electrons. The molecule has 0 aliphatic carbocycles. The number of carbonyl (C=O) groups excluding carboxylic acids is 1. The molecule has 0 saturated heterocycles. The molecule has 0 bridgehead atoms. The van der Waals surface area contributed by atoms with Crippen LogP contribution in [0.4, 0.5) is 0 Å². The summed E-state index contributed by atoms with van der Waals surface area (Å²) in [6.07, 6.45) is 15.1. The van der Waals surface area contributed by atoms with Crippen LogP contribution in [0.1, 0.15) is 17.3 Å². The predicted molar refractivity (Wildman–Crippen MR) is 110 cm³/mol. The molecule has 0 fully saturated rings. The number of aromatic amines is 1. The number of allylic oxidation sites excluding steroid dienone is 3. The van der Waals surface area contributed by atoms with Crippen molar-refractivity contribution in [2.24, 2.45) is 0 Å². The summed E-state index contributed by atoms with van der Waals surface area (Å²) in [6.45, 7) is 0.412. The molecule has 29 heavy (non-hydrogen) atoms. The average molecular weight is 382 g/mol. The van der Waals surface area contributed by atoms with Gasteiger partial charge in [0.05, 0.1) is 11.3 Å². The van der Waals surface area contributed by atoms with Crippen LogP contribution >= 0.6 is 0 Å². The van der Waals surface area contributed by atoms with E-state index in [-0.39, 0.29) is 12.1 Å². The Kier molecular flexibility index (Phi) is 4.29. The van der Waals surface area contributed by atoms with Gasteiger partial charge in [0.1, 0.15) is 11.9 Å². The maximum absolute atomic E-state index is 13.0. The fraction of sp³-hybridized carbons (Fsp3) is 0.0870. The Hall–Kier alpha value is -3.93. The van der Waals surface area contributed by atoms with Crippen LogP contribution in [0.3, 0.4) is 0 Å². The Balaban J connectivity index is 1.39. The molecule has 1 unspecified atom stereocenters. The molecule has 3 N–H and O–H groups in total. The number of aromatic nitrogens is 2. The second-order valence-electron chi connectivity index (χ2n) is 6.95. The van der Waals surface area contributed by atoms with Crippen molar-refractivity contribution in [1.29, 1.82) is 0 Å². The number of carbonyl (C=O) groups is 1. The number of nitrogens with one attached hydrogen (secondary N) is 3. The van der Waals surface area contributed by atoms with Crippen molar-refractivity contribution >= 4 is 16.7 Å². The van der Waals surface area contributed by atoms with E-state index in [1.807, 2.05) is 79.4 Å². The molecule has 3 aromatic rings. The zero-order chi connectivity index (χ0) is 19.6. The molecule has 0 saturated carbocycles. The summed E-state index contributed by atoms with van der Waals surface area (Å²) in [5.74, 6) is -0.139. The highest BCUT2D eigenvalue weighted by molar-refractivity contribution is 5.95. The van der Waals surface area contributed by atoms with Crippen LogP contribution in [0.25, 0.3) is 10.8 Å². The smallest absolute Gasteiger partial charge is 0.269 e. The number of fused-ring (bicyclic) bond motifs is 2. The van der Waals surface area contributed by atoms with Gasteiger partial charge in [0.15, 0.2) is 12.4 Å². The second kappa shape index (κ2) is 7.24. The van der Waals surface area contributed by atoms with Crippen molar-refractivity contribution in [3.05, 3.63) is 108 Å². The molecule has 0 spiro atoms. The zero-order valence-corrected chi connectivity index (χ0v) is 15.7. The summed E-state index contributed by atoms with van der Waals surface area (Å²) < 4.78 is 0. The quantitative estimate of drug-likeness (QED) is 0.728. The highest BCUT2D eigenvalue weighted by atomic mass is 16.2. The van der Waals surface area contributed by atoms with Crippen molar-refractivity contribution < 1.29 is 9.78 Å². The van der Waals surface area contributed by atoms with Gasteiger partial charge in [-0.1, -0.05) is 30.3 Å². The van der Waals surface area contributed by atoms with Gasteiger partial charge in [-0.2, -0.15) is 0 Å². The average Bonchev–Trinajstić information content (AvgIpc) is 3.18. The van der Waals surface area contributed by atoms with Crippen LogP contribution < -0.4 is 15.6 Å². The minimum absolute atomic E-state index is 0.136. The number of amides is 1. The highest BCUT2D eigenvalue weighted by Crippen LogP contribution is 2.33. The van der Waals surface area contributed by atoms with Crippen LogP contribution in [0.5, 0.6) is 0 Å². The lowest BCUT2D eigenvalue weighted by atomic mass is 10.1. The Morgan fingerprint density at radius 1 is 1.17 bits per heavy atom. The Morgan fingerprint density at radius 2 is 2.10 bits per heavy atom. The first-order valence-electron chi connectivity index (χ1n) is 9.51. The SMILES string of the molecule is O=C(NCc1cncc2ccccc12)C1=C2C=CC=CN2C(c2ccc[nH+]c2)N1. The zero-order valence-electron chi connectivity index (χ0n) is 15.7. The summed E-state index contributed by atoms with van der Waals surface area (Å²) in [4.78, 5) is 22.5. The minimum atomic E-state index is -0.139. The number of nitrogens with zero attached hydrogens (tertiary/aromatic N) is 2. The van der Waals surface area contributed by atoms with E-state index in [1.165, 1.54) is 0 Å². The van der Waals surface area contributed by atoms with Crippen molar-refractivity contribution in [1.82, 2.24) is 20.5 Å². The molecular formula is C23H20N5O+. The van der Waals surface area contributed by atoms with Gasteiger partial charge in [-0.15, -0.1) is 0 Å². The van der Waals surface area contributed by atoms with Crippen molar-refractivity contribution in [2.75, 3.05) is 0 Å². The Bertz CT molecular complexity index is 1160. The van der Waals surface area contributed by atoms with Gasteiger partial charge in [-0.25, -0.2) is 4.98 Å². The molecule has 5 rings (SSSR count). The lowest BCUT2D eigenvalue weighted by Gasteiger charge is -2.24. The van der Waals surface area contributed by atoms with Gasteiger partial charge < -0.3 is 15.5 Å². The number of hydrogen-bond acceptors (Lipinski definition) is 4. The van der Waals surface area contributed by atoms with E-state index in [4.69, 9.17) is 0 Å². The van der Waals surface area contributed by atoms with Crippen LogP contribution in [-0.2, 0) is 11.3 Å². The Labute approximate surface area is 168 Å². The third-order valence-electron chi connectivity index (χ3n) is 5.17. The molecular weight excluding hydrogens is 362 g/mol. The number of rotatable bonds is 4. The van der Waals surface area contributed by atoms with Gasteiger partial charge in [-0.3, -0.25) is 9.78 Å². The summed E-state index contributed by atoms with van der Waals surface area (Å²) in [7, 11) is 0. The summed E-state index contributed by atoms with van der Waals surface area (Å²) in [5.41, 5.74) is 3.46. The van der Waals surface area contributed by atoms with Crippen LogP contribution in [-0.4, -0.2) is 15.8 Å². The molecule has 2 aromatic heterocycles. The molecule has 2 aliphatic rings. The molecule has 1 atom stereocenters. The Morgan fingerprint density at radius 3 is 3.00 bits per heavy atom.